The Hall–Kier alpha value is -1.16. The van der Waals surface area contributed by atoms with Crippen LogP contribution >= 0.6 is 11.6 Å². The van der Waals surface area contributed by atoms with Gasteiger partial charge in [-0.2, -0.15) is 0 Å². The van der Waals surface area contributed by atoms with Gasteiger partial charge in [0.25, 0.3) is 5.91 Å². The molecule has 1 aromatic rings. The van der Waals surface area contributed by atoms with Crippen LogP contribution in [0.2, 0.25) is 0 Å². The van der Waals surface area contributed by atoms with Crippen LogP contribution < -0.4 is 0 Å². The number of amides is 1. The highest BCUT2D eigenvalue weighted by atomic mass is 35.5. The maximum absolute atomic E-state index is 13.1. The van der Waals surface area contributed by atoms with Gasteiger partial charge in [-0.15, -0.1) is 11.6 Å². The summed E-state index contributed by atoms with van der Waals surface area (Å²) >= 11 is 5.60. The van der Waals surface area contributed by atoms with E-state index in [1.807, 2.05) is 13.8 Å². The van der Waals surface area contributed by atoms with Crippen LogP contribution in [0.4, 0.5) is 8.78 Å². The molecule has 0 aromatic heterocycles. The fraction of sp³-hybridized carbons (Fsp3) is 0.462. The number of alkyl halides is 1. The van der Waals surface area contributed by atoms with E-state index in [4.69, 9.17) is 11.6 Å². The van der Waals surface area contributed by atoms with Crippen molar-refractivity contribution in [1.29, 1.82) is 0 Å². The molecule has 0 saturated heterocycles. The predicted octanol–water partition coefficient (Wildman–Crippen LogP) is 3.44. The minimum absolute atomic E-state index is 0.0196. The van der Waals surface area contributed by atoms with Crippen molar-refractivity contribution in [2.45, 2.75) is 26.3 Å². The van der Waals surface area contributed by atoms with E-state index in [-0.39, 0.29) is 17.5 Å². The molecule has 100 valence electrons. The number of carbonyl (C=O) groups excluding carboxylic acids is 1. The first-order valence-electron chi connectivity index (χ1n) is 5.79. The molecular formula is C13H16ClF2NO. The molecule has 0 aliphatic rings. The minimum Gasteiger partial charge on any atom is -0.336 e. The van der Waals surface area contributed by atoms with E-state index in [2.05, 4.69) is 0 Å². The smallest absolute Gasteiger partial charge is 0.254 e. The molecule has 0 spiro atoms. The third kappa shape index (κ3) is 3.67. The molecule has 1 amide bonds. The van der Waals surface area contributed by atoms with Crippen molar-refractivity contribution >= 4 is 17.5 Å². The molecule has 0 bridgehead atoms. The van der Waals surface area contributed by atoms with Crippen LogP contribution in [0, 0.1) is 11.6 Å². The van der Waals surface area contributed by atoms with Gasteiger partial charge in [-0.05, 0) is 38.5 Å². The molecule has 2 nitrogen and oxygen atoms in total. The SMILES string of the molecule is CC(C)N(CCCCl)C(=O)c1ccc(F)c(F)c1. The Morgan fingerprint density at radius 1 is 1.33 bits per heavy atom. The summed E-state index contributed by atoms with van der Waals surface area (Å²) in [4.78, 5) is 13.7. The summed E-state index contributed by atoms with van der Waals surface area (Å²) in [5.41, 5.74) is 0.150. The van der Waals surface area contributed by atoms with Gasteiger partial charge in [0.2, 0.25) is 0 Å². The van der Waals surface area contributed by atoms with Gasteiger partial charge in [0.05, 0.1) is 0 Å². The first-order chi connectivity index (χ1) is 8.47. The van der Waals surface area contributed by atoms with Crippen molar-refractivity contribution < 1.29 is 13.6 Å². The van der Waals surface area contributed by atoms with E-state index in [9.17, 15) is 13.6 Å². The summed E-state index contributed by atoms with van der Waals surface area (Å²) in [6, 6.07) is 3.15. The Labute approximate surface area is 111 Å². The Bertz CT molecular complexity index is 423. The molecule has 0 unspecified atom stereocenters. The number of halogens is 3. The van der Waals surface area contributed by atoms with E-state index in [0.717, 1.165) is 12.1 Å². The highest BCUT2D eigenvalue weighted by Gasteiger charge is 2.19. The maximum atomic E-state index is 13.1. The minimum atomic E-state index is -1.01. The van der Waals surface area contributed by atoms with Crippen molar-refractivity contribution in [3.8, 4) is 0 Å². The van der Waals surface area contributed by atoms with Gasteiger partial charge >= 0.3 is 0 Å². The van der Waals surface area contributed by atoms with Crippen LogP contribution in [-0.2, 0) is 0 Å². The topological polar surface area (TPSA) is 20.3 Å². The average Bonchev–Trinajstić information content (AvgIpc) is 2.32. The molecule has 0 radical (unpaired) electrons. The Kier molecular flexibility index (Phi) is 5.54. The molecule has 0 aliphatic carbocycles. The third-order valence-corrected chi connectivity index (χ3v) is 2.85. The first-order valence-corrected chi connectivity index (χ1v) is 6.32. The number of rotatable bonds is 5. The molecule has 5 heteroatoms. The lowest BCUT2D eigenvalue weighted by molar-refractivity contribution is 0.0706. The van der Waals surface area contributed by atoms with E-state index < -0.39 is 11.6 Å². The zero-order valence-electron chi connectivity index (χ0n) is 10.4. The van der Waals surface area contributed by atoms with Gasteiger partial charge < -0.3 is 4.90 Å². The zero-order valence-corrected chi connectivity index (χ0v) is 11.2. The number of carbonyl (C=O) groups is 1. The molecule has 1 aromatic carbocycles. The second-order valence-corrected chi connectivity index (χ2v) is 4.64. The van der Waals surface area contributed by atoms with Gasteiger partial charge in [0.1, 0.15) is 0 Å². The lowest BCUT2D eigenvalue weighted by Crippen LogP contribution is -2.38. The molecule has 18 heavy (non-hydrogen) atoms. The highest BCUT2D eigenvalue weighted by molar-refractivity contribution is 6.17. The van der Waals surface area contributed by atoms with Crippen LogP contribution in [0.5, 0.6) is 0 Å². The molecule has 0 atom stereocenters. The highest BCUT2D eigenvalue weighted by Crippen LogP contribution is 2.13. The normalized spacial score (nSPS) is 10.8. The number of benzene rings is 1. The summed E-state index contributed by atoms with van der Waals surface area (Å²) in [6.45, 7) is 4.23. The van der Waals surface area contributed by atoms with Crippen molar-refractivity contribution in [1.82, 2.24) is 4.90 Å². The molecule has 0 N–H and O–H groups in total. The summed E-state index contributed by atoms with van der Waals surface area (Å²) < 4.78 is 25.9. The van der Waals surface area contributed by atoms with Crippen LogP contribution in [0.25, 0.3) is 0 Å². The maximum Gasteiger partial charge on any atom is 0.254 e. The molecular weight excluding hydrogens is 260 g/mol. The van der Waals surface area contributed by atoms with E-state index in [0.29, 0.717) is 18.8 Å². The van der Waals surface area contributed by atoms with Crippen LogP contribution in [0.3, 0.4) is 0 Å². The van der Waals surface area contributed by atoms with Gasteiger partial charge in [0.15, 0.2) is 11.6 Å². The van der Waals surface area contributed by atoms with Crippen LogP contribution in [0.1, 0.15) is 30.6 Å². The molecule has 0 aliphatic heterocycles. The summed E-state index contributed by atoms with van der Waals surface area (Å²) in [7, 11) is 0. The van der Waals surface area contributed by atoms with E-state index >= 15 is 0 Å². The van der Waals surface area contributed by atoms with Gasteiger partial charge in [-0.25, -0.2) is 8.78 Å². The predicted molar refractivity (Wildman–Crippen MR) is 67.9 cm³/mol. The fourth-order valence-electron chi connectivity index (χ4n) is 1.62. The zero-order chi connectivity index (χ0) is 13.7. The molecule has 0 heterocycles. The fourth-order valence-corrected chi connectivity index (χ4v) is 1.74. The van der Waals surface area contributed by atoms with E-state index in [1.165, 1.54) is 6.07 Å². The lowest BCUT2D eigenvalue weighted by atomic mass is 10.1. The van der Waals surface area contributed by atoms with Gasteiger partial charge in [-0.1, -0.05) is 0 Å². The monoisotopic (exact) mass is 275 g/mol. The summed E-state index contributed by atoms with van der Waals surface area (Å²) in [5, 5.41) is 0. The molecule has 1 rings (SSSR count). The first kappa shape index (κ1) is 14.9. The van der Waals surface area contributed by atoms with Crippen molar-refractivity contribution in [3.05, 3.63) is 35.4 Å². The average molecular weight is 276 g/mol. The van der Waals surface area contributed by atoms with Crippen LogP contribution in [-0.4, -0.2) is 29.3 Å². The Morgan fingerprint density at radius 3 is 2.50 bits per heavy atom. The third-order valence-electron chi connectivity index (χ3n) is 2.58. The number of hydrogen-bond donors (Lipinski definition) is 0. The second kappa shape index (κ2) is 6.69. The lowest BCUT2D eigenvalue weighted by Gasteiger charge is -2.26. The second-order valence-electron chi connectivity index (χ2n) is 4.26. The van der Waals surface area contributed by atoms with Crippen molar-refractivity contribution in [3.63, 3.8) is 0 Å². The van der Waals surface area contributed by atoms with Crippen molar-refractivity contribution in [2.24, 2.45) is 0 Å². The van der Waals surface area contributed by atoms with Crippen molar-refractivity contribution in [2.75, 3.05) is 12.4 Å². The summed E-state index contributed by atoms with van der Waals surface area (Å²) in [5.74, 6) is -1.83. The molecule has 0 fully saturated rings. The molecule has 0 saturated carbocycles. The Morgan fingerprint density at radius 2 is 2.00 bits per heavy atom. The largest absolute Gasteiger partial charge is 0.336 e. The van der Waals surface area contributed by atoms with Gasteiger partial charge in [0, 0.05) is 24.0 Å². The summed E-state index contributed by atoms with van der Waals surface area (Å²) in [6.07, 6.45) is 0.662. The quantitative estimate of drug-likeness (QED) is 0.754. The van der Waals surface area contributed by atoms with Gasteiger partial charge in [-0.3, -0.25) is 4.79 Å². The number of nitrogens with zero attached hydrogens (tertiary/aromatic N) is 1. The number of hydrogen-bond acceptors (Lipinski definition) is 1. The Balaban J connectivity index is 2.91. The van der Waals surface area contributed by atoms with E-state index in [1.54, 1.807) is 4.90 Å². The van der Waals surface area contributed by atoms with Crippen LogP contribution in [0.15, 0.2) is 18.2 Å². The standard InChI is InChI=1S/C13H16ClF2NO/c1-9(2)17(7-3-6-14)13(18)10-4-5-11(15)12(16)8-10/h4-5,8-9H,3,6-7H2,1-2H3.